The van der Waals surface area contributed by atoms with Gasteiger partial charge in [-0.3, -0.25) is 5.43 Å². The number of hydrazine groups is 1. The maximum atomic E-state index is 11.8. The number of nitrogens with one attached hydrogen (secondary N) is 2. The average Bonchev–Trinajstić information content (AvgIpc) is 2.61. The summed E-state index contributed by atoms with van der Waals surface area (Å²) in [6, 6.07) is 7.65. The molecule has 2 amide bonds. The molecule has 0 bridgehead atoms. The summed E-state index contributed by atoms with van der Waals surface area (Å²) >= 11 is 0. The molecule has 0 aliphatic carbocycles. The van der Waals surface area contributed by atoms with Gasteiger partial charge in [-0.1, -0.05) is 30.5 Å². The molecule has 0 aromatic heterocycles. The Hall–Kier alpha value is -1.55. The van der Waals surface area contributed by atoms with Crippen molar-refractivity contribution in [3.8, 4) is 0 Å². The van der Waals surface area contributed by atoms with Crippen LogP contribution in [0.4, 0.5) is 10.5 Å². The van der Waals surface area contributed by atoms with E-state index in [9.17, 15) is 4.79 Å². The number of carbonyl (C=O) groups is 1. The van der Waals surface area contributed by atoms with E-state index in [0.29, 0.717) is 0 Å². The number of hydrogen-bond donors (Lipinski definition) is 2. The summed E-state index contributed by atoms with van der Waals surface area (Å²) in [7, 11) is 0. The number of urea groups is 1. The Labute approximate surface area is 108 Å². The van der Waals surface area contributed by atoms with E-state index < -0.39 is 0 Å². The third-order valence-corrected chi connectivity index (χ3v) is 3.18. The van der Waals surface area contributed by atoms with Crippen LogP contribution in [0.3, 0.4) is 0 Å². The molecule has 18 heavy (non-hydrogen) atoms. The highest BCUT2D eigenvalue weighted by Crippen LogP contribution is 2.09. The van der Waals surface area contributed by atoms with Gasteiger partial charge in [0.25, 0.3) is 0 Å². The standard InChI is InChI=1S/C14H21N3O/c1-12-6-8-13(9-7-12)15-14(18)16-17-10-4-2-3-5-11-17/h6-9H,2-5,10-11H2,1H3,(H2,15,16,18). The van der Waals surface area contributed by atoms with Crippen LogP contribution >= 0.6 is 0 Å². The fourth-order valence-corrected chi connectivity index (χ4v) is 2.12. The molecule has 0 unspecified atom stereocenters. The van der Waals surface area contributed by atoms with Gasteiger partial charge in [0, 0.05) is 18.8 Å². The summed E-state index contributed by atoms with van der Waals surface area (Å²) in [5.41, 5.74) is 4.92. The highest BCUT2D eigenvalue weighted by atomic mass is 16.2. The number of hydrogen-bond acceptors (Lipinski definition) is 2. The molecule has 4 heteroatoms. The zero-order valence-electron chi connectivity index (χ0n) is 10.9. The zero-order valence-corrected chi connectivity index (χ0v) is 10.9. The summed E-state index contributed by atoms with van der Waals surface area (Å²) in [4.78, 5) is 11.8. The minimum absolute atomic E-state index is 0.152. The van der Waals surface area contributed by atoms with Crippen molar-refractivity contribution in [2.75, 3.05) is 18.4 Å². The maximum absolute atomic E-state index is 11.8. The van der Waals surface area contributed by atoms with Gasteiger partial charge in [-0.25, -0.2) is 9.80 Å². The quantitative estimate of drug-likeness (QED) is 0.844. The van der Waals surface area contributed by atoms with Crippen molar-refractivity contribution >= 4 is 11.7 Å². The smallest absolute Gasteiger partial charge is 0.307 e. The minimum atomic E-state index is -0.152. The predicted octanol–water partition coefficient (Wildman–Crippen LogP) is 2.91. The van der Waals surface area contributed by atoms with E-state index in [1.165, 1.54) is 18.4 Å². The van der Waals surface area contributed by atoms with E-state index in [0.717, 1.165) is 31.6 Å². The Bertz CT molecular complexity index is 381. The zero-order chi connectivity index (χ0) is 12.8. The minimum Gasteiger partial charge on any atom is -0.307 e. The molecule has 1 aromatic rings. The SMILES string of the molecule is Cc1ccc(NC(=O)NN2CCCCCC2)cc1. The molecule has 0 atom stereocenters. The van der Waals surface area contributed by atoms with Gasteiger partial charge in [-0.05, 0) is 31.9 Å². The van der Waals surface area contributed by atoms with Crippen molar-refractivity contribution in [1.29, 1.82) is 0 Å². The Morgan fingerprint density at radius 2 is 1.67 bits per heavy atom. The predicted molar refractivity (Wildman–Crippen MR) is 73.4 cm³/mol. The van der Waals surface area contributed by atoms with E-state index in [-0.39, 0.29) is 6.03 Å². The van der Waals surface area contributed by atoms with Crippen molar-refractivity contribution in [2.45, 2.75) is 32.6 Å². The molecule has 98 valence electrons. The topological polar surface area (TPSA) is 44.4 Å². The van der Waals surface area contributed by atoms with Crippen molar-refractivity contribution in [1.82, 2.24) is 10.4 Å². The Morgan fingerprint density at radius 1 is 1.06 bits per heavy atom. The number of carbonyl (C=O) groups excluding carboxylic acids is 1. The second kappa shape index (κ2) is 6.40. The van der Waals surface area contributed by atoms with Crippen LogP contribution in [-0.2, 0) is 0 Å². The monoisotopic (exact) mass is 247 g/mol. The number of aryl methyl sites for hydroxylation is 1. The number of nitrogens with zero attached hydrogens (tertiary/aromatic N) is 1. The van der Waals surface area contributed by atoms with E-state index in [4.69, 9.17) is 0 Å². The van der Waals surface area contributed by atoms with Crippen molar-refractivity contribution < 1.29 is 4.79 Å². The lowest BCUT2D eigenvalue weighted by Gasteiger charge is -2.21. The maximum Gasteiger partial charge on any atom is 0.333 e. The second-order valence-electron chi connectivity index (χ2n) is 4.83. The van der Waals surface area contributed by atoms with Crippen molar-refractivity contribution in [3.63, 3.8) is 0 Å². The highest BCUT2D eigenvalue weighted by Gasteiger charge is 2.11. The second-order valence-corrected chi connectivity index (χ2v) is 4.83. The Morgan fingerprint density at radius 3 is 2.28 bits per heavy atom. The molecule has 0 saturated carbocycles. The van der Waals surface area contributed by atoms with Gasteiger partial charge in [-0.2, -0.15) is 0 Å². The van der Waals surface area contributed by atoms with Gasteiger partial charge < -0.3 is 5.32 Å². The van der Waals surface area contributed by atoms with Crippen molar-refractivity contribution in [3.05, 3.63) is 29.8 Å². The summed E-state index contributed by atoms with van der Waals surface area (Å²) in [5.74, 6) is 0. The molecule has 1 aliphatic rings. The molecule has 1 saturated heterocycles. The molecule has 2 rings (SSSR count). The molecule has 4 nitrogen and oxygen atoms in total. The lowest BCUT2D eigenvalue weighted by Crippen LogP contribution is -2.44. The Kier molecular flexibility index (Phi) is 4.59. The van der Waals surface area contributed by atoms with Gasteiger partial charge in [0.15, 0.2) is 0 Å². The first kappa shape index (κ1) is 12.9. The molecule has 0 radical (unpaired) electrons. The number of anilines is 1. The van der Waals surface area contributed by atoms with Crippen LogP contribution in [0, 0.1) is 6.92 Å². The number of rotatable bonds is 2. The first-order chi connectivity index (χ1) is 8.74. The number of amides is 2. The van der Waals surface area contributed by atoms with Crippen LogP contribution in [0.5, 0.6) is 0 Å². The first-order valence-electron chi connectivity index (χ1n) is 6.63. The average molecular weight is 247 g/mol. The van der Waals surface area contributed by atoms with E-state index in [1.54, 1.807) is 0 Å². The van der Waals surface area contributed by atoms with Crippen LogP contribution in [0.2, 0.25) is 0 Å². The fraction of sp³-hybridized carbons (Fsp3) is 0.500. The van der Waals surface area contributed by atoms with Crippen molar-refractivity contribution in [2.24, 2.45) is 0 Å². The fourth-order valence-electron chi connectivity index (χ4n) is 2.12. The summed E-state index contributed by atoms with van der Waals surface area (Å²) in [6.07, 6.45) is 4.84. The van der Waals surface area contributed by atoms with E-state index >= 15 is 0 Å². The largest absolute Gasteiger partial charge is 0.333 e. The summed E-state index contributed by atoms with van der Waals surface area (Å²) < 4.78 is 0. The molecule has 0 spiro atoms. The van der Waals surface area contributed by atoms with Gasteiger partial charge in [-0.15, -0.1) is 0 Å². The molecule has 1 aromatic carbocycles. The molecule has 1 fully saturated rings. The molecule has 1 aliphatic heterocycles. The Balaban J connectivity index is 1.82. The molecule has 2 N–H and O–H groups in total. The van der Waals surface area contributed by atoms with Gasteiger partial charge >= 0.3 is 6.03 Å². The third-order valence-electron chi connectivity index (χ3n) is 3.18. The molecular weight excluding hydrogens is 226 g/mol. The van der Waals surface area contributed by atoms with Crippen LogP contribution < -0.4 is 10.7 Å². The number of benzene rings is 1. The first-order valence-corrected chi connectivity index (χ1v) is 6.63. The van der Waals surface area contributed by atoms with Gasteiger partial charge in [0.2, 0.25) is 0 Å². The lowest BCUT2D eigenvalue weighted by molar-refractivity contribution is 0.190. The van der Waals surface area contributed by atoms with Crippen LogP contribution in [0.1, 0.15) is 31.2 Å². The van der Waals surface area contributed by atoms with Crippen LogP contribution in [0.15, 0.2) is 24.3 Å². The van der Waals surface area contributed by atoms with Gasteiger partial charge in [0.05, 0.1) is 0 Å². The van der Waals surface area contributed by atoms with E-state index in [2.05, 4.69) is 10.7 Å². The van der Waals surface area contributed by atoms with Gasteiger partial charge in [0.1, 0.15) is 0 Å². The lowest BCUT2D eigenvalue weighted by atomic mass is 10.2. The van der Waals surface area contributed by atoms with E-state index in [1.807, 2.05) is 36.2 Å². The van der Waals surface area contributed by atoms with Crippen LogP contribution in [0.25, 0.3) is 0 Å². The highest BCUT2D eigenvalue weighted by molar-refractivity contribution is 5.88. The summed E-state index contributed by atoms with van der Waals surface area (Å²) in [5, 5.41) is 4.86. The summed E-state index contributed by atoms with van der Waals surface area (Å²) in [6.45, 7) is 3.92. The molecule has 1 heterocycles. The third kappa shape index (κ3) is 4.04. The van der Waals surface area contributed by atoms with Crippen LogP contribution in [-0.4, -0.2) is 24.1 Å². The normalized spacial score (nSPS) is 16.9. The molecular formula is C14H21N3O.